The smallest absolute Gasteiger partial charge is 0.309 e. The number of carbonyl (C=O) groups is 1. The molecule has 0 saturated carbocycles. The number of benzene rings is 2. The van der Waals surface area contributed by atoms with Gasteiger partial charge in [-0.3, -0.25) is 0 Å². The summed E-state index contributed by atoms with van der Waals surface area (Å²) in [5, 5.41) is 9.01. The summed E-state index contributed by atoms with van der Waals surface area (Å²) in [4.78, 5) is 15.3. The number of nitrogens with zero attached hydrogens (tertiary/aromatic N) is 2. The largest absolute Gasteiger partial charge is 0.354 e. The SMILES string of the molecule is CN(C)CC(C)(C)c1ccc([S@](N)(=O)=NC(=O)Nc2c3c(cc4c2CCC4)CCC3)cc1. The topological polar surface area (TPSA) is 87.8 Å². The molecule has 2 aromatic carbocycles. The summed E-state index contributed by atoms with van der Waals surface area (Å²) >= 11 is 0. The van der Waals surface area contributed by atoms with E-state index in [-0.39, 0.29) is 5.41 Å². The number of hydrogen-bond acceptors (Lipinski definition) is 3. The van der Waals surface area contributed by atoms with Crippen LogP contribution in [0.25, 0.3) is 0 Å². The quantitative estimate of drug-likeness (QED) is 0.700. The van der Waals surface area contributed by atoms with Crippen molar-refractivity contribution < 1.29 is 9.00 Å². The highest BCUT2D eigenvalue weighted by molar-refractivity contribution is 7.91. The Kier molecular flexibility index (Phi) is 6.18. The average molecular weight is 455 g/mol. The predicted octanol–water partition coefficient (Wildman–Crippen LogP) is 4.44. The maximum Gasteiger partial charge on any atom is 0.354 e. The summed E-state index contributed by atoms with van der Waals surface area (Å²) in [7, 11) is 0.738. The van der Waals surface area contributed by atoms with Crippen LogP contribution in [0.4, 0.5) is 10.5 Å². The molecule has 172 valence electrons. The molecular weight excluding hydrogens is 420 g/mol. The zero-order valence-electron chi connectivity index (χ0n) is 19.5. The summed E-state index contributed by atoms with van der Waals surface area (Å²) in [6, 6.07) is 8.98. The first-order valence-corrected chi connectivity index (χ1v) is 12.9. The normalized spacial score (nSPS) is 17.1. The Hall–Kier alpha value is -2.22. The highest BCUT2D eigenvalue weighted by atomic mass is 32.2. The number of carbonyl (C=O) groups excluding carboxylic acids is 1. The summed E-state index contributed by atoms with van der Waals surface area (Å²) in [5.74, 6) is 0. The van der Waals surface area contributed by atoms with Crippen molar-refractivity contribution in [3.05, 3.63) is 58.1 Å². The average Bonchev–Trinajstić information content (AvgIpc) is 3.35. The lowest BCUT2D eigenvalue weighted by Crippen LogP contribution is -2.32. The van der Waals surface area contributed by atoms with Crippen molar-refractivity contribution in [3.8, 4) is 0 Å². The van der Waals surface area contributed by atoms with E-state index >= 15 is 0 Å². The molecule has 6 nitrogen and oxygen atoms in total. The number of nitrogens with one attached hydrogen (secondary N) is 1. The maximum absolute atomic E-state index is 13.1. The molecule has 2 aliphatic rings. The molecule has 4 rings (SSSR count). The highest BCUT2D eigenvalue weighted by Crippen LogP contribution is 2.38. The number of fused-ring (bicyclic) bond motifs is 2. The third-order valence-electron chi connectivity index (χ3n) is 6.61. The lowest BCUT2D eigenvalue weighted by molar-refractivity contribution is 0.260. The van der Waals surface area contributed by atoms with Gasteiger partial charge in [0, 0.05) is 17.6 Å². The van der Waals surface area contributed by atoms with Crippen LogP contribution in [0.3, 0.4) is 0 Å². The minimum atomic E-state index is -3.34. The number of likely N-dealkylation sites (N-methyl/N-ethyl adjacent to an activating group) is 1. The molecule has 0 heterocycles. The maximum atomic E-state index is 13.1. The summed E-state index contributed by atoms with van der Waals surface area (Å²) in [5.41, 5.74) is 7.01. The van der Waals surface area contributed by atoms with Gasteiger partial charge in [-0.25, -0.2) is 14.1 Å². The van der Waals surface area contributed by atoms with Gasteiger partial charge in [0.05, 0.1) is 4.90 Å². The van der Waals surface area contributed by atoms with E-state index in [2.05, 4.69) is 34.5 Å². The van der Waals surface area contributed by atoms with Crippen molar-refractivity contribution in [2.24, 2.45) is 9.50 Å². The van der Waals surface area contributed by atoms with Crippen LogP contribution in [0.1, 0.15) is 54.5 Å². The Labute approximate surface area is 191 Å². The Bertz CT molecular complexity index is 1130. The fraction of sp³-hybridized carbons (Fsp3) is 0.480. The van der Waals surface area contributed by atoms with E-state index in [9.17, 15) is 9.00 Å². The molecular formula is C25H34N4O2S. The van der Waals surface area contributed by atoms with Crippen LogP contribution in [0.2, 0.25) is 0 Å². The minimum absolute atomic E-state index is 0.0694. The molecule has 0 bridgehead atoms. The number of hydrogen-bond donors (Lipinski definition) is 2. The van der Waals surface area contributed by atoms with E-state index in [4.69, 9.17) is 5.14 Å². The van der Waals surface area contributed by atoms with Gasteiger partial charge in [0.25, 0.3) is 0 Å². The number of rotatable bonds is 5. The Balaban J connectivity index is 1.58. The van der Waals surface area contributed by atoms with E-state index in [1.807, 2.05) is 26.2 Å². The molecule has 0 spiro atoms. The van der Waals surface area contributed by atoms with Crippen LogP contribution in [0.5, 0.6) is 0 Å². The van der Waals surface area contributed by atoms with Gasteiger partial charge in [-0.1, -0.05) is 32.0 Å². The Morgan fingerprint density at radius 2 is 1.62 bits per heavy atom. The Morgan fingerprint density at radius 3 is 2.16 bits per heavy atom. The summed E-state index contributed by atoms with van der Waals surface area (Å²) < 4.78 is 17.0. The van der Waals surface area contributed by atoms with E-state index < -0.39 is 15.9 Å². The van der Waals surface area contributed by atoms with Gasteiger partial charge in [-0.05, 0) is 92.6 Å². The molecule has 7 heteroatoms. The zero-order valence-corrected chi connectivity index (χ0v) is 20.3. The molecule has 0 radical (unpaired) electrons. The van der Waals surface area contributed by atoms with Gasteiger partial charge in [-0.15, -0.1) is 4.36 Å². The minimum Gasteiger partial charge on any atom is -0.309 e. The van der Waals surface area contributed by atoms with Crippen LogP contribution in [-0.4, -0.2) is 35.8 Å². The second kappa shape index (κ2) is 8.61. The van der Waals surface area contributed by atoms with Gasteiger partial charge in [0.1, 0.15) is 9.92 Å². The second-order valence-electron chi connectivity index (χ2n) is 9.97. The molecule has 0 fully saturated rings. The van der Waals surface area contributed by atoms with Crippen LogP contribution >= 0.6 is 0 Å². The number of aryl methyl sites for hydroxylation is 2. The fourth-order valence-corrected chi connectivity index (χ4v) is 6.18. The molecule has 0 saturated heterocycles. The number of anilines is 1. The fourth-order valence-electron chi connectivity index (χ4n) is 5.26. The third-order valence-corrected chi connectivity index (χ3v) is 7.99. The number of nitrogens with two attached hydrogens (primary N) is 1. The first kappa shape index (κ1) is 23.0. The highest BCUT2D eigenvalue weighted by Gasteiger charge is 2.26. The van der Waals surface area contributed by atoms with Crippen LogP contribution < -0.4 is 10.5 Å². The molecule has 2 aromatic rings. The standard InChI is InChI=1S/C25H34N4O2S/c1-25(2,16-29(3)4)19-11-13-20(14-12-19)32(26,31)28-24(30)27-23-21-9-5-7-17(21)15-18-8-6-10-22(18)23/h11-15H,5-10,16H2,1-4H3,(H3,26,27,28,30,31)/t32-/m1/s1. The zero-order chi connectivity index (χ0) is 23.1. The van der Waals surface area contributed by atoms with Gasteiger partial charge < -0.3 is 10.2 Å². The number of urea groups is 1. The first-order valence-electron chi connectivity index (χ1n) is 11.3. The molecule has 3 N–H and O–H groups in total. The molecule has 0 aliphatic heterocycles. The first-order chi connectivity index (χ1) is 15.1. The molecule has 32 heavy (non-hydrogen) atoms. The lowest BCUT2D eigenvalue weighted by Gasteiger charge is -2.29. The second-order valence-corrected chi connectivity index (χ2v) is 11.8. The van der Waals surface area contributed by atoms with Crippen molar-refractivity contribution in [1.82, 2.24) is 4.90 Å². The molecule has 2 amide bonds. The Morgan fingerprint density at radius 1 is 1.06 bits per heavy atom. The van der Waals surface area contributed by atoms with Gasteiger partial charge >= 0.3 is 6.03 Å². The number of amides is 2. The van der Waals surface area contributed by atoms with E-state index in [0.29, 0.717) is 4.90 Å². The van der Waals surface area contributed by atoms with Crippen molar-refractivity contribution >= 4 is 21.6 Å². The van der Waals surface area contributed by atoms with Crippen LogP contribution in [-0.2, 0) is 41.0 Å². The van der Waals surface area contributed by atoms with E-state index in [1.165, 1.54) is 22.3 Å². The van der Waals surface area contributed by atoms with E-state index in [0.717, 1.165) is 56.3 Å². The van der Waals surface area contributed by atoms with E-state index in [1.54, 1.807) is 12.1 Å². The van der Waals surface area contributed by atoms with Gasteiger partial charge in [0.2, 0.25) is 0 Å². The summed E-state index contributed by atoms with van der Waals surface area (Å²) in [6.07, 6.45) is 6.21. The summed E-state index contributed by atoms with van der Waals surface area (Å²) in [6.45, 7) is 5.20. The van der Waals surface area contributed by atoms with Crippen LogP contribution in [0, 0.1) is 0 Å². The van der Waals surface area contributed by atoms with Gasteiger partial charge in [0.15, 0.2) is 0 Å². The monoisotopic (exact) mass is 454 g/mol. The third kappa shape index (κ3) is 4.60. The molecule has 0 unspecified atom stereocenters. The molecule has 0 aromatic heterocycles. The molecule has 1 atom stereocenters. The van der Waals surface area contributed by atoms with Crippen molar-refractivity contribution in [2.75, 3.05) is 26.0 Å². The molecule has 2 aliphatic carbocycles. The predicted molar refractivity (Wildman–Crippen MR) is 131 cm³/mol. The van der Waals surface area contributed by atoms with Crippen molar-refractivity contribution in [2.45, 2.75) is 62.7 Å². The van der Waals surface area contributed by atoms with Crippen molar-refractivity contribution in [3.63, 3.8) is 0 Å². The van der Waals surface area contributed by atoms with Crippen LogP contribution in [0.15, 0.2) is 39.6 Å². The lowest BCUT2D eigenvalue weighted by atomic mass is 9.84. The van der Waals surface area contributed by atoms with Crippen molar-refractivity contribution in [1.29, 1.82) is 0 Å². The van der Waals surface area contributed by atoms with Gasteiger partial charge in [-0.2, -0.15) is 0 Å².